The Hall–Kier alpha value is -4.06. The number of benzene rings is 2. The molecule has 1 aromatic heterocycles. The molecule has 1 N–H and O–H groups in total. The second-order valence-electron chi connectivity index (χ2n) is 11.5. The van der Waals surface area contributed by atoms with Crippen molar-refractivity contribution in [3.05, 3.63) is 87.5 Å². The number of unbranched alkanes of at least 4 members (excludes halogenated alkanes) is 1. The first-order valence-electron chi connectivity index (χ1n) is 15.3. The molecule has 0 aliphatic carbocycles. The molecule has 3 aliphatic heterocycles. The van der Waals surface area contributed by atoms with Crippen LogP contribution in [0, 0.1) is 6.92 Å². The van der Waals surface area contributed by atoms with Gasteiger partial charge < -0.3 is 29.0 Å². The fourth-order valence-electron chi connectivity index (χ4n) is 6.12. The van der Waals surface area contributed by atoms with Crippen molar-refractivity contribution in [1.82, 2.24) is 19.2 Å². The van der Waals surface area contributed by atoms with Gasteiger partial charge in [0, 0.05) is 70.0 Å². The molecule has 2 atom stereocenters. The van der Waals surface area contributed by atoms with Crippen LogP contribution < -0.4 is 15.0 Å². The lowest BCUT2D eigenvalue weighted by molar-refractivity contribution is -0.154. The summed E-state index contributed by atoms with van der Waals surface area (Å²) < 4.78 is 26.6. The summed E-state index contributed by atoms with van der Waals surface area (Å²) in [5, 5.41) is 9.18. The summed E-state index contributed by atoms with van der Waals surface area (Å²) in [6.45, 7) is 5.96. The molecule has 11 heteroatoms. The van der Waals surface area contributed by atoms with E-state index in [1.165, 1.54) is 0 Å². The van der Waals surface area contributed by atoms with Crippen molar-refractivity contribution in [2.24, 2.45) is 7.05 Å². The first kappa shape index (κ1) is 30.0. The van der Waals surface area contributed by atoms with Crippen molar-refractivity contribution in [2.45, 2.75) is 44.9 Å². The average molecular weight is 605 g/mol. The molecule has 6 rings (SSSR count). The molecular weight excluding hydrogens is 564 g/mol. The molecule has 0 spiro atoms. The summed E-state index contributed by atoms with van der Waals surface area (Å²) in [7, 11) is 1.87. The number of aliphatic hydroxyl groups excluding tert-OH is 1. The minimum atomic E-state index is -0.681. The van der Waals surface area contributed by atoms with Crippen LogP contribution in [0.25, 0.3) is 5.69 Å². The van der Waals surface area contributed by atoms with Crippen LogP contribution in [0.3, 0.4) is 0 Å². The molecule has 3 aliphatic rings. The van der Waals surface area contributed by atoms with E-state index in [0.29, 0.717) is 44.5 Å². The highest BCUT2D eigenvalue weighted by Gasteiger charge is 2.35. The van der Waals surface area contributed by atoms with Gasteiger partial charge in [0.15, 0.2) is 17.3 Å². The Morgan fingerprint density at radius 3 is 2.57 bits per heavy atom. The summed E-state index contributed by atoms with van der Waals surface area (Å²) in [5.74, 6) is 1.19. The molecule has 234 valence electrons. The van der Waals surface area contributed by atoms with Gasteiger partial charge in [-0.05, 0) is 55.7 Å². The largest absolute Gasteiger partial charge is 0.459 e. The molecule has 44 heavy (non-hydrogen) atoms. The van der Waals surface area contributed by atoms with E-state index in [1.807, 2.05) is 72.1 Å². The van der Waals surface area contributed by atoms with Crippen LogP contribution in [0.4, 0.5) is 0 Å². The fraction of sp³-hybridized carbons (Fsp3) is 0.455. The summed E-state index contributed by atoms with van der Waals surface area (Å²) in [6.07, 6.45) is 2.82. The van der Waals surface area contributed by atoms with Gasteiger partial charge in [-0.15, -0.1) is 0 Å². The van der Waals surface area contributed by atoms with E-state index in [0.717, 1.165) is 48.1 Å². The normalized spacial score (nSPS) is 20.0. The van der Waals surface area contributed by atoms with Crippen molar-refractivity contribution in [3.8, 4) is 17.2 Å². The van der Waals surface area contributed by atoms with E-state index in [-0.39, 0.29) is 36.5 Å². The van der Waals surface area contributed by atoms with Crippen LogP contribution in [-0.2, 0) is 27.9 Å². The maximum Gasteiger partial charge on any atom is 0.288 e. The highest BCUT2D eigenvalue weighted by molar-refractivity contribution is 5.92. The molecule has 0 saturated carbocycles. The van der Waals surface area contributed by atoms with Gasteiger partial charge in [-0.25, -0.2) is 4.68 Å². The Kier molecular flexibility index (Phi) is 9.06. The monoisotopic (exact) mass is 604 g/mol. The third-order valence-electron chi connectivity index (χ3n) is 8.60. The number of rotatable bonds is 10. The third-order valence-corrected chi connectivity index (χ3v) is 8.60. The Morgan fingerprint density at radius 2 is 1.80 bits per heavy atom. The average Bonchev–Trinajstić information content (AvgIpc) is 3.60. The molecule has 1 saturated heterocycles. The number of amides is 1. The zero-order valence-corrected chi connectivity index (χ0v) is 25.3. The molecule has 4 heterocycles. The van der Waals surface area contributed by atoms with Gasteiger partial charge in [0.25, 0.3) is 11.5 Å². The first-order valence-corrected chi connectivity index (χ1v) is 15.3. The predicted octanol–water partition coefficient (Wildman–Crippen LogP) is 3.06. The van der Waals surface area contributed by atoms with E-state index in [9.17, 15) is 14.7 Å². The number of ether oxygens (including phenoxy) is 4. The van der Waals surface area contributed by atoms with Gasteiger partial charge in [-0.2, -0.15) is 0 Å². The quantitative estimate of drug-likeness (QED) is 0.352. The lowest BCUT2D eigenvalue weighted by Crippen LogP contribution is -2.49. The molecule has 3 aromatic rings. The smallest absolute Gasteiger partial charge is 0.288 e. The van der Waals surface area contributed by atoms with Crippen molar-refractivity contribution in [2.75, 3.05) is 46.2 Å². The zero-order chi connectivity index (χ0) is 30.6. The van der Waals surface area contributed by atoms with Gasteiger partial charge in [-0.1, -0.05) is 24.3 Å². The summed E-state index contributed by atoms with van der Waals surface area (Å²) >= 11 is 0. The van der Waals surface area contributed by atoms with Crippen LogP contribution in [0.1, 0.15) is 42.0 Å². The van der Waals surface area contributed by atoms with Gasteiger partial charge in [-0.3, -0.25) is 19.2 Å². The number of carbonyl (C=O) groups excluding carboxylic acids is 1. The fourth-order valence-corrected chi connectivity index (χ4v) is 6.12. The molecule has 11 nitrogen and oxygen atoms in total. The standard InChI is InChI=1S/C33H40N4O7/c1-23-31(33(40)37(34(23)2)26-8-4-3-5-9-26)25-19-29(44-30(20-25)41-17-7-6-16-38)32(39)36-14-12-35(13-15-36)21-24-10-11-27-28(18-24)43-22-42-27/h3-5,8-11,18-19,25,30,38H,6-7,12-17,20-22H2,1-2H3. The molecular formula is C33H40N4O7. The second kappa shape index (κ2) is 13.3. The molecule has 2 aromatic carbocycles. The van der Waals surface area contributed by atoms with E-state index < -0.39 is 6.29 Å². The molecule has 0 bridgehead atoms. The minimum absolute atomic E-state index is 0.0873. The summed E-state index contributed by atoms with van der Waals surface area (Å²) in [6, 6.07) is 15.5. The highest BCUT2D eigenvalue weighted by Crippen LogP contribution is 2.34. The maximum absolute atomic E-state index is 13.8. The Bertz CT molecular complexity index is 1560. The minimum Gasteiger partial charge on any atom is -0.459 e. The lowest BCUT2D eigenvalue weighted by Gasteiger charge is -2.36. The van der Waals surface area contributed by atoms with Gasteiger partial charge in [0.2, 0.25) is 13.1 Å². The van der Waals surface area contributed by atoms with Crippen molar-refractivity contribution >= 4 is 5.91 Å². The molecule has 0 radical (unpaired) electrons. The van der Waals surface area contributed by atoms with Crippen molar-refractivity contribution < 1.29 is 28.8 Å². The molecule has 1 fully saturated rings. The number of para-hydroxylation sites is 1. The number of carbonyl (C=O) groups is 1. The van der Waals surface area contributed by atoms with Crippen LogP contribution in [-0.4, -0.2) is 82.7 Å². The van der Waals surface area contributed by atoms with Crippen LogP contribution in [0.15, 0.2) is 65.2 Å². The van der Waals surface area contributed by atoms with Gasteiger partial charge in [0.1, 0.15) is 0 Å². The van der Waals surface area contributed by atoms with E-state index in [2.05, 4.69) is 4.90 Å². The molecule has 1 amide bonds. The van der Waals surface area contributed by atoms with Gasteiger partial charge in [0.05, 0.1) is 12.3 Å². The first-order chi connectivity index (χ1) is 21.4. The van der Waals surface area contributed by atoms with Crippen LogP contribution in [0.5, 0.6) is 11.5 Å². The zero-order valence-electron chi connectivity index (χ0n) is 25.3. The van der Waals surface area contributed by atoms with Gasteiger partial charge >= 0.3 is 0 Å². The summed E-state index contributed by atoms with van der Waals surface area (Å²) in [5.41, 5.74) is 3.24. The Balaban J connectivity index is 1.19. The number of hydrogen-bond donors (Lipinski definition) is 1. The van der Waals surface area contributed by atoms with E-state index >= 15 is 0 Å². The van der Waals surface area contributed by atoms with Crippen molar-refractivity contribution in [1.29, 1.82) is 0 Å². The highest BCUT2D eigenvalue weighted by atomic mass is 16.7. The molecule has 2 unspecified atom stereocenters. The lowest BCUT2D eigenvalue weighted by atomic mass is 9.93. The van der Waals surface area contributed by atoms with E-state index in [4.69, 9.17) is 18.9 Å². The number of aliphatic hydroxyl groups is 1. The van der Waals surface area contributed by atoms with Crippen LogP contribution in [0.2, 0.25) is 0 Å². The van der Waals surface area contributed by atoms with Crippen molar-refractivity contribution in [3.63, 3.8) is 0 Å². The number of hydrogen-bond acceptors (Lipinski definition) is 8. The maximum atomic E-state index is 13.8. The Labute approximate surface area is 256 Å². The number of piperazine rings is 1. The van der Waals surface area contributed by atoms with Crippen LogP contribution >= 0.6 is 0 Å². The van der Waals surface area contributed by atoms with E-state index in [1.54, 1.807) is 10.8 Å². The third kappa shape index (κ3) is 6.26. The second-order valence-corrected chi connectivity index (χ2v) is 11.5. The summed E-state index contributed by atoms with van der Waals surface area (Å²) in [4.78, 5) is 31.8. The number of nitrogens with zero attached hydrogens (tertiary/aromatic N) is 4. The number of allylic oxidation sites excluding steroid dienone is 1. The SMILES string of the molecule is Cc1c(C2C=C(C(=O)N3CCN(Cc4ccc5c(c4)OCO5)CC3)OC(OCCCCO)C2)c(=O)n(-c2ccccc2)n1C. The Morgan fingerprint density at radius 1 is 1.02 bits per heavy atom. The topological polar surface area (TPSA) is 108 Å². The number of aromatic nitrogens is 2. The number of fused-ring (bicyclic) bond motifs is 1. The predicted molar refractivity (Wildman–Crippen MR) is 163 cm³/mol.